The average Bonchev–Trinajstić information content (AvgIpc) is 2.68. The zero-order chi connectivity index (χ0) is 28.9. The third-order valence-corrected chi connectivity index (χ3v) is 15.6. The maximum atomic E-state index is 9.87. The van der Waals surface area contributed by atoms with Crippen LogP contribution in [0.4, 0.5) is 25.2 Å². The summed E-state index contributed by atoms with van der Waals surface area (Å²) in [5, 5.41) is 0. The van der Waals surface area contributed by atoms with E-state index in [1.807, 2.05) is 0 Å². The molecule has 0 aromatic carbocycles. The fraction of sp³-hybridized carbons (Fsp3) is 1.00. The molecule has 0 unspecified atom stereocenters. The number of halogens is 8. The van der Waals surface area contributed by atoms with E-state index in [9.17, 15) is 25.2 Å². The molecule has 0 amide bonds. The fourth-order valence-electron chi connectivity index (χ4n) is 2.32. The van der Waals surface area contributed by atoms with E-state index in [2.05, 4.69) is 103 Å². The molecule has 0 saturated heterocycles. The van der Waals surface area contributed by atoms with Gasteiger partial charge < -0.3 is 0 Å². The first kappa shape index (κ1) is 46.1. The predicted molar refractivity (Wildman–Crippen MR) is 163 cm³/mol. The van der Waals surface area contributed by atoms with Gasteiger partial charge in [0, 0.05) is 0 Å². The Hall–Kier alpha value is 4.16. The van der Waals surface area contributed by atoms with E-state index in [4.69, 9.17) is 0 Å². The van der Waals surface area contributed by atoms with Gasteiger partial charge in [0.15, 0.2) is 0 Å². The van der Waals surface area contributed by atoms with Crippen LogP contribution in [0.2, 0.25) is 0 Å². The minimum absolute atomic E-state index is 0.316. The average molecular weight is 780 g/mol. The maximum absolute atomic E-state index is 10.7. The van der Waals surface area contributed by atoms with Gasteiger partial charge in [-0.05, 0) is 115 Å². The number of hydrogen-bond acceptors (Lipinski definition) is 0. The van der Waals surface area contributed by atoms with Crippen molar-refractivity contribution >= 4 is 75.7 Å². The van der Waals surface area contributed by atoms with Gasteiger partial charge >= 0.3 is 82.5 Å². The SMILES string of the molecule is CP(C)CCP(CCP(C)C)CCP(CCP(C)C)CCP(C)C.F[P-](F)(F)(F)(F)F.[Cl][Ni].[Cl][Ni]. The van der Waals surface area contributed by atoms with Crippen molar-refractivity contribution in [1.29, 1.82) is 0 Å². The molecule has 0 aromatic heterocycles. The summed E-state index contributed by atoms with van der Waals surface area (Å²) < 4.78 is 59.2. The summed E-state index contributed by atoms with van der Waals surface area (Å²) in [5.41, 5.74) is 0. The Labute approximate surface area is 243 Å². The van der Waals surface area contributed by atoms with E-state index in [-0.39, 0.29) is 0 Å². The second kappa shape index (κ2) is 23.7. The normalized spacial score (nSPS) is 13.8. The Morgan fingerprint density at radius 3 is 0.629 bits per heavy atom. The Morgan fingerprint density at radius 1 is 0.400 bits per heavy atom. The van der Waals surface area contributed by atoms with Crippen LogP contribution in [0, 0.1) is 0 Å². The van der Waals surface area contributed by atoms with Gasteiger partial charge in [-0.3, -0.25) is 0 Å². The second-order valence-corrected chi connectivity index (χ2v) is 26.6. The zero-order valence-electron chi connectivity index (χ0n) is 21.9. The van der Waals surface area contributed by atoms with Gasteiger partial charge in [0.2, 0.25) is 0 Å². The molecule has 0 nitrogen and oxygen atoms in total. The Kier molecular flexibility index (Phi) is 31.2. The van der Waals surface area contributed by atoms with E-state index in [1.54, 1.807) is 37.0 Å². The molecule has 228 valence electrons. The van der Waals surface area contributed by atoms with E-state index >= 15 is 0 Å². The molecule has 0 N–H and O–H groups in total. The van der Waals surface area contributed by atoms with Crippen LogP contribution in [0.1, 0.15) is 0 Å². The van der Waals surface area contributed by atoms with E-state index in [0.29, 0.717) is 47.5 Å². The van der Waals surface area contributed by atoms with Crippen molar-refractivity contribution in [2.75, 3.05) is 115 Å². The first-order valence-electron chi connectivity index (χ1n) is 10.5. The molecular weight excluding hydrogens is 735 g/mol. The van der Waals surface area contributed by atoms with Gasteiger partial charge in [0.05, 0.1) is 0 Å². The Bertz CT molecular complexity index is 413. The van der Waals surface area contributed by atoms with Gasteiger partial charge in [0.1, 0.15) is 0 Å². The molecule has 0 saturated carbocycles. The molecule has 0 aliphatic carbocycles. The van der Waals surface area contributed by atoms with Crippen LogP contribution in [-0.4, -0.2) is 115 Å². The summed E-state index contributed by atoms with van der Waals surface area (Å²) in [4.78, 5) is 0. The molecule has 0 spiro atoms. The van der Waals surface area contributed by atoms with Crippen molar-refractivity contribution in [2.24, 2.45) is 0 Å². The number of hydrogen-bond donors (Lipinski definition) is 0. The Morgan fingerprint density at radius 2 is 0.514 bits per heavy atom. The van der Waals surface area contributed by atoms with Crippen molar-refractivity contribution in [3.8, 4) is 0 Å². The van der Waals surface area contributed by atoms with Crippen molar-refractivity contribution in [3.63, 3.8) is 0 Å². The fourth-order valence-corrected chi connectivity index (χ4v) is 16.8. The summed E-state index contributed by atoms with van der Waals surface area (Å²) in [5.74, 6) is 0. The van der Waals surface area contributed by atoms with Gasteiger partial charge in [-0.15, -0.1) is 47.5 Å². The molecule has 0 aliphatic heterocycles. The molecule has 0 aromatic rings. The summed E-state index contributed by atoms with van der Waals surface area (Å²) in [6.07, 6.45) is 15.7. The molecule has 17 heteroatoms. The van der Waals surface area contributed by atoms with Crippen LogP contribution < -0.4 is 0 Å². The van der Waals surface area contributed by atoms with Crippen molar-refractivity contribution < 1.29 is 54.3 Å². The molecule has 0 fully saturated rings. The van der Waals surface area contributed by atoms with Gasteiger partial charge in [-0.2, -0.15) is 0 Å². The van der Waals surface area contributed by atoms with E-state index in [0.717, 1.165) is 0 Å². The topological polar surface area (TPSA) is 0 Å². The van der Waals surface area contributed by atoms with Gasteiger partial charge in [0.25, 0.3) is 0 Å². The van der Waals surface area contributed by atoms with Crippen LogP contribution in [0.15, 0.2) is 0 Å². The first-order valence-corrected chi connectivity index (χ1v) is 28.7. The van der Waals surface area contributed by atoms with E-state index < -0.39 is 7.81 Å². The first-order chi connectivity index (χ1) is 15.7. The van der Waals surface area contributed by atoms with Crippen LogP contribution in [0.5, 0.6) is 0 Å². The minimum atomic E-state index is -10.7. The molecular formula is C18H44Cl2F6Ni2P7-. The van der Waals surface area contributed by atoms with Gasteiger partial charge in [-0.25, -0.2) is 0 Å². The predicted octanol–water partition coefficient (Wildman–Crippen LogP) is 11.7. The summed E-state index contributed by atoms with van der Waals surface area (Å²) in [7, 11) is -0.167. The summed E-state index contributed by atoms with van der Waals surface area (Å²) in [6.45, 7) is 19.8. The molecule has 0 bridgehead atoms. The second-order valence-electron chi connectivity index (χ2n) is 8.85. The standard InChI is InChI=1S/C18H44P6.2ClH.F6P.2Ni/c1-19(2)9-13-23(14-10-20(3)4)17-18-24(15-11-21(5)6)16-12-22(7)8;;;1-7(2,3,4,5)6;;/h9-18H2,1-8H3;2*1H;;;/q;;;-1;2*+1/p-2. The molecule has 0 atom stereocenters. The van der Waals surface area contributed by atoms with Crippen molar-refractivity contribution in [3.05, 3.63) is 0 Å². The van der Waals surface area contributed by atoms with Gasteiger partial charge in [-0.1, -0.05) is 0 Å². The molecule has 0 radical (unpaired) electrons. The van der Waals surface area contributed by atoms with Crippen molar-refractivity contribution in [2.45, 2.75) is 0 Å². The van der Waals surface area contributed by atoms with Crippen LogP contribution in [0.3, 0.4) is 0 Å². The molecule has 0 rings (SSSR count). The summed E-state index contributed by atoms with van der Waals surface area (Å²) in [6, 6.07) is 0. The monoisotopic (exact) mass is 777 g/mol. The van der Waals surface area contributed by atoms with Crippen LogP contribution in [-0.2, 0) is 29.1 Å². The molecule has 0 heterocycles. The molecule has 0 aliphatic rings. The zero-order valence-corrected chi connectivity index (χ0v) is 31.6. The van der Waals surface area contributed by atoms with Crippen molar-refractivity contribution in [1.82, 2.24) is 0 Å². The molecule has 35 heavy (non-hydrogen) atoms. The van der Waals surface area contributed by atoms with Crippen LogP contribution in [0.25, 0.3) is 0 Å². The quantitative estimate of drug-likeness (QED) is 0.0882. The van der Waals surface area contributed by atoms with E-state index in [1.165, 1.54) is 24.6 Å². The Balaban J connectivity index is -0.000000367. The number of rotatable bonds is 15. The third kappa shape index (κ3) is 58.7. The summed E-state index contributed by atoms with van der Waals surface area (Å²) >= 11 is 6.69. The van der Waals surface area contributed by atoms with Crippen LogP contribution >= 0.6 is 75.7 Å². The third-order valence-electron chi connectivity index (χ3n) is 4.19.